The molecule has 2 aromatic rings. The van der Waals surface area contributed by atoms with Crippen LogP contribution in [-0.2, 0) is 18.9 Å². The molecule has 0 atom stereocenters. The lowest BCUT2D eigenvalue weighted by atomic mass is 10.1. The van der Waals surface area contributed by atoms with Crippen LogP contribution in [0.15, 0.2) is 48.5 Å². The van der Waals surface area contributed by atoms with E-state index in [0.29, 0.717) is 35.5 Å². The van der Waals surface area contributed by atoms with Crippen molar-refractivity contribution in [2.45, 2.75) is 13.8 Å². The summed E-state index contributed by atoms with van der Waals surface area (Å²) in [5.74, 6) is -1.64. The van der Waals surface area contributed by atoms with Crippen LogP contribution in [0.3, 0.4) is 0 Å². The van der Waals surface area contributed by atoms with Crippen LogP contribution in [0.1, 0.15) is 55.3 Å². The van der Waals surface area contributed by atoms with Gasteiger partial charge in [0.1, 0.15) is 0 Å². The topological polar surface area (TPSA) is 105 Å². The predicted molar refractivity (Wildman–Crippen MR) is 107 cm³/mol. The molecule has 0 amide bonds. The highest BCUT2D eigenvalue weighted by Gasteiger charge is 2.10. The molecule has 8 nitrogen and oxygen atoms in total. The molecule has 2 aromatic carbocycles. The summed E-state index contributed by atoms with van der Waals surface area (Å²) in [5.41, 5.74) is 1.66. The van der Waals surface area contributed by atoms with E-state index in [1.165, 1.54) is 38.5 Å². The Bertz CT molecular complexity index is 782. The molecule has 2 rings (SSSR count). The minimum Gasteiger partial charge on any atom is -0.465 e. The van der Waals surface area contributed by atoms with E-state index in [1.807, 2.05) is 0 Å². The summed E-state index contributed by atoms with van der Waals surface area (Å²) in [4.78, 5) is 44.7. The zero-order chi connectivity index (χ0) is 22.5. The highest BCUT2D eigenvalue weighted by molar-refractivity contribution is 5.94. The number of rotatable bonds is 6. The summed E-state index contributed by atoms with van der Waals surface area (Å²) in [5, 5.41) is 0. The van der Waals surface area contributed by atoms with E-state index in [1.54, 1.807) is 38.1 Å². The summed E-state index contributed by atoms with van der Waals surface area (Å²) in [6, 6.07) is 12.2. The third kappa shape index (κ3) is 7.38. The van der Waals surface area contributed by atoms with Gasteiger partial charge in [0.05, 0.1) is 49.7 Å². The van der Waals surface area contributed by atoms with Crippen molar-refractivity contribution in [2.24, 2.45) is 0 Å². The molecule has 0 aliphatic heterocycles. The molecule has 0 fully saturated rings. The number of carbonyl (C=O) groups is 4. The van der Waals surface area contributed by atoms with Gasteiger partial charge >= 0.3 is 23.9 Å². The van der Waals surface area contributed by atoms with Crippen molar-refractivity contribution in [1.82, 2.24) is 0 Å². The molecule has 0 bridgehead atoms. The Balaban J connectivity index is 0.000000303. The average molecular weight is 416 g/mol. The standard InChI is InChI=1S/C12H14O4.C10H10O4/c1-3-15-11(13)9-5-7-10(8-6-9)12(14)16-4-2;1-13-9(11)7-3-5-8(6-4-7)10(12)14-2/h5-8H,3-4H2,1-2H3;3-6H,1-2H3. The van der Waals surface area contributed by atoms with Gasteiger partial charge in [-0.2, -0.15) is 0 Å². The van der Waals surface area contributed by atoms with Crippen LogP contribution in [-0.4, -0.2) is 51.3 Å². The van der Waals surface area contributed by atoms with E-state index in [0.717, 1.165) is 0 Å². The van der Waals surface area contributed by atoms with Gasteiger partial charge in [-0.25, -0.2) is 19.2 Å². The van der Waals surface area contributed by atoms with Crippen LogP contribution in [0, 0.1) is 0 Å². The van der Waals surface area contributed by atoms with E-state index >= 15 is 0 Å². The van der Waals surface area contributed by atoms with Crippen LogP contribution in [0.2, 0.25) is 0 Å². The summed E-state index contributed by atoms with van der Waals surface area (Å²) in [7, 11) is 2.60. The van der Waals surface area contributed by atoms with Gasteiger partial charge in [-0.15, -0.1) is 0 Å². The molecular formula is C22H24O8. The second-order valence-corrected chi connectivity index (χ2v) is 5.58. The number of benzene rings is 2. The Labute approximate surface area is 174 Å². The minimum atomic E-state index is -0.429. The molecule has 160 valence electrons. The first kappa shape index (κ1) is 24.4. The zero-order valence-corrected chi connectivity index (χ0v) is 17.3. The van der Waals surface area contributed by atoms with Gasteiger partial charge in [0.25, 0.3) is 0 Å². The molecule has 0 radical (unpaired) electrons. The first-order valence-electron chi connectivity index (χ1n) is 9.08. The molecule has 0 aromatic heterocycles. The molecule has 0 unspecified atom stereocenters. The van der Waals surface area contributed by atoms with Crippen molar-refractivity contribution >= 4 is 23.9 Å². The number of methoxy groups -OCH3 is 2. The van der Waals surface area contributed by atoms with Gasteiger partial charge in [0.2, 0.25) is 0 Å². The third-order valence-electron chi connectivity index (χ3n) is 3.63. The lowest BCUT2D eigenvalue weighted by Gasteiger charge is -2.03. The predicted octanol–water partition coefficient (Wildman–Crippen LogP) is 3.30. The molecule has 0 heterocycles. The molecule has 0 aliphatic rings. The van der Waals surface area contributed by atoms with Gasteiger partial charge in [-0.1, -0.05) is 0 Å². The van der Waals surface area contributed by atoms with Crippen LogP contribution in [0.25, 0.3) is 0 Å². The molecular weight excluding hydrogens is 392 g/mol. The smallest absolute Gasteiger partial charge is 0.338 e. The van der Waals surface area contributed by atoms with E-state index in [2.05, 4.69) is 9.47 Å². The Morgan fingerprint density at radius 1 is 0.533 bits per heavy atom. The number of hydrogen-bond acceptors (Lipinski definition) is 8. The quantitative estimate of drug-likeness (QED) is 0.522. The lowest BCUT2D eigenvalue weighted by molar-refractivity contribution is 0.0511. The van der Waals surface area contributed by atoms with E-state index < -0.39 is 23.9 Å². The van der Waals surface area contributed by atoms with Crippen molar-refractivity contribution in [3.05, 3.63) is 70.8 Å². The fraction of sp³-hybridized carbons (Fsp3) is 0.273. The molecule has 30 heavy (non-hydrogen) atoms. The second-order valence-electron chi connectivity index (χ2n) is 5.58. The molecule has 0 aliphatic carbocycles. The minimum absolute atomic E-state index is 0.332. The van der Waals surface area contributed by atoms with Gasteiger partial charge in [0.15, 0.2) is 0 Å². The monoisotopic (exact) mass is 416 g/mol. The second kappa shape index (κ2) is 12.7. The number of ether oxygens (including phenoxy) is 4. The Kier molecular flexibility index (Phi) is 10.3. The molecule has 0 saturated heterocycles. The fourth-order valence-electron chi connectivity index (χ4n) is 2.15. The fourth-order valence-corrected chi connectivity index (χ4v) is 2.15. The zero-order valence-electron chi connectivity index (χ0n) is 17.3. The molecule has 0 spiro atoms. The molecule has 0 saturated carbocycles. The van der Waals surface area contributed by atoms with Gasteiger partial charge in [-0.05, 0) is 62.4 Å². The summed E-state index contributed by atoms with van der Waals surface area (Å²) in [6.07, 6.45) is 0. The van der Waals surface area contributed by atoms with Gasteiger partial charge in [0, 0.05) is 0 Å². The van der Waals surface area contributed by atoms with Crippen molar-refractivity contribution in [3.63, 3.8) is 0 Å². The highest BCUT2D eigenvalue weighted by Crippen LogP contribution is 2.08. The average Bonchev–Trinajstić information content (AvgIpc) is 2.79. The van der Waals surface area contributed by atoms with E-state index in [-0.39, 0.29) is 0 Å². The van der Waals surface area contributed by atoms with Crippen molar-refractivity contribution in [1.29, 1.82) is 0 Å². The van der Waals surface area contributed by atoms with Gasteiger partial charge < -0.3 is 18.9 Å². The number of carbonyl (C=O) groups excluding carboxylic acids is 4. The maximum Gasteiger partial charge on any atom is 0.338 e. The van der Waals surface area contributed by atoms with Crippen molar-refractivity contribution < 1.29 is 38.1 Å². The first-order valence-corrected chi connectivity index (χ1v) is 9.08. The Morgan fingerprint density at radius 3 is 0.967 bits per heavy atom. The van der Waals surface area contributed by atoms with Crippen LogP contribution in [0.5, 0.6) is 0 Å². The third-order valence-corrected chi connectivity index (χ3v) is 3.63. The highest BCUT2D eigenvalue weighted by atomic mass is 16.5. The van der Waals surface area contributed by atoms with Crippen molar-refractivity contribution in [2.75, 3.05) is 27.4 Å². The maximum atomic E-state index is 11.3. The molecule has 8 heteroatoms. The maximum absolute atomic E-state index is 11.3. The SMILES string of the molecule is CCOC(=O)c1ccc(C(=O)OCC)cc1.COC(=O)c1ccc(C(=O)OC)cc1. The largest absolute Gasteiger partial charge is 0.465 e. The number of hydrogen-bond donors (Lipinski definition) is 0. The van der Waals surface area contributed by atoms with Crippen molar-refractivity contribution in [3.8, 4) is 0 Å². The summed E-state index contributed by atoms with van der Waals surface area (Å²) >= 11 is 0. The summed E-state index contributed by atoms with van der Waals surface area (Å²) in [6.45, 7) is 4.15. The van der Waals surface area contributed by atoms with Crippen LogP contribution >= 0.6 is 0 Å². The first-order chi connectivity index (χ1) is 14.4. The normalized spacial score (nSPS) is 9.47. The van der Waals surface area contributed by atoms with E-state index in [4.69, 9.17) is 9.47 Å². The van der Waals surface area contributed by atoms with E-state index in [9.17, 15) is 19.2 Å². The number of esters is 4. The van der Waals surface area contributed by atoms with Crippen LogP contribution < -0.4 is 0 Å². The Morgan fingerprint density at radius 2 is 0.767 bits per heavy atom. The lowest BCUT2D eigenvalue weighted by Crippen LogP contribution is -2.07. The summed E-state index contributed by atoms with van der Waals surface area (Å²) < 4.78 is 18.7. The Hall–Kier alpha value is -3.68. The van der Waals surface area contributed by atoms with Crippen LogP contribution in [0.4, 0.5) is 0 Å². The molecule has 0 N–H and O–H groups in total. The van der Waals surface area contributed by atoms with Gasteiger partial charge in [-0.3, -0.25) is 0 Å².